The first kappa shape index (κ1) is 25.2. The quantitative estimate of drug-likeness (QED) is 0.391. The number of nitrogens with one attached hydrogen (secondary N) is 2. The second kappa shape index (κ2) is 11.2. The molecule has 0 atom stereocenters. The lowest BCUT2D eigenvalue weighted by atomic mass is 9.93. The maximum atomic E-state index is 12.7. The number of ether oxygens (including phenoxy) is 1. The van der Waals surface area contributed by atoms with E-state index in [1.165, 1.54) is 19.2 Å². The lowest BCUT2D eigenvalue weighted by Gasteiger charge is -2.26. The number of nitrogens with zero attached hydrogens (tertiary/aromatic N) is 3. The van der Waals surface area contributed by atoms with Crippen molar-refractivity contribution in [2.45, 2.75) is 55.6 Å². The lowest BCUT2D eigenvalue weighted by molar-refractivity contribution is 0.126. The summed E-state index contributed by atoms with van der Waals surface area (Å²) >= 11 is 6.03. The lowest BCUT2D eigenvalue weighted by Crippen LogP contribution is -2.28. The van der Waals surface area contributed by atoms with Crippen molar-refractivity contribution in [2.75, 3.05) is 17.1 Å². The number of hydrogen-bond acceptors (Lipinski definition) is 8. The molecular weight excluding hydrogens is 490 g/mol. The number of pyridine rings is 1. The molecule has 1 saturated carbocycles. The highest BCUT2D eigenvalue weighted by Gasteiger charge is 2.20. The molecule has 0 bridgehead atoms. The smallest absolute Gasteiger partial charge is 0.264 e. The van der Waals surface area contributed by atoms with E-state index in [2.05, 4.69) is 25.0 Å². The van der Waals surface area contributed by atoms with Crippen molar-refractivity contribution in [3.8, 4) is 5.88 Å². The van der Waals surface area contributed by atoms with E-state index < -0.39 is 10.0 Å². The molecule has 1 aliphatic rings. The van der Waals surface area contributed by atoms with Gasteiger partial charge in [-0.1, -0.05) is 23.7 Å². The van der Waals surface area contributed by atoms with Crippen molar-refractivity contribution in [1.29, 1.82) is 0 Å². The van der Waals surface area contributed by atoms with Gasteiger partial charge in [0.15, 0.2) is 0 Å². The fourth-order valence-corrected chi connectivity index (χ4v) is 5.51. The summed E-state index contributed by atoms with van der Waals surface area (Å²) in [7, 11) is -2.40. The molecule has 0 unspecified atom stereocenters. The average Bonchev–Trinajstić information content (AvgIpc) is 2.85. The van der Waals surface area contributed by atoms with Gasteiger partial charge in [0, 0.05) is 24.0 Å². The van der Waals surface area contributed by atoms with Crippen LogP contribution in [0.2, 0.25) is 5.02 Å². The van der Waals surface area contributed by atoms with Crippen molar-refractivity contribution in [3.63, 3.8) is 0 Å². The Morgan fingerprint density at radius 2 is 1.77 bits per heavy atom. The topological polar surface area (TPSA) is 126 Å². The first-order valence-electron chi connectivity index (χ1n) is 11.4. The van der Waals surface area contributed by atoms with Crippen LogP contribution in [0.3, 0.4) is 0 Å². The van der Waals surface area contributed by atoms with E-state index in [1.807, 2.05) is 0 Å². The maximum Gasteiger partial charge on any atom is 0.264 e. The molecule has 3 aromatic rings. The standard InChI is InChI=1S/C24H28ClN5O4S/c1-34-23-17(8-13-22(29-23)30-35(32,33)21-5-3-2-4-20(21)25)7-6-16-14-26-24(27-15-16)28-18-9-11-19(31)12-10-18/h2-5,8,13-15,18-19,31H,6-7,9-12H2,1H3,(H,29,30)(H,26,27,28)/t18-,19-. The molecule has 4 rings (SSSR count). The monoisotopic (exact) mass is 517 g/mol. The molecule has 3 N–H and O–H groups in total. The molecule has 35 heavy (non-hydrogen) atoms. The van der Waals surface area contributed by atoms with Crippen LogP contribution in [-0.2, 0) is 22.9 Å². The third-order valence-corrected chi connectivity index (χ3v) is 7.77. The molecule has 0 amide bonds. The summed E-state index contributed by atoms with van der Waals surface area (Å²) in [5.41, 5.74) is 1.79. The zero-order valence-electron chi connectivity index (χ0n) is 19.3. The Bertz CT molecular complexity index is 1250. The maximum absolute atomic E-state index is 12.7. The van der Waals surface area contributed by atoms with Gasteiger partial charge in [0.05, 0.1) is 18.2 Å². The average molecular weight is 518 g/mol. The van der Waals surface area contributed by atoms with E-state index in [1.54, 1.807) is 36.7 Å². The fraction of sp³-hybridized carbons (Fsp3) is 0.375. The van der Waals surface area contributed by atoms with E-state index in [-0.39, 0.29) is 27.9 Å². The summed E-state index contributed by atoms with van der Waals surface area (Å²) < 4.78 is 33.2. The molecular formula is C24H28ClN5O4S. The molecule has 1 aromatic carbocycles. The van der Waals surface area contributed by atoms with Crippen molar-refractivity contribution in [2.24, 2.45) is 0 Å². The van der Waals surface area contributed by atoms with Crippen LogP contribution in [0.25, 0.3) is 0 Å². The Labute approximate surface area is 210 Å². The molecule has 0 saturated heterocycles. The summed E-state index contributed by atoms with van der Waals surface area (Å²) in [6.07, 6.45) is 8.07. The Balaban J connectivity index is 1.37. The van der Waals surface area contributed by atoms with Crippen LogP contribution < -0.4 is 14.8 Å². The van der Waals surface area contributed by atoms with Crippen LogP contribution in [0, 0.1) is 0 Å². The fourth-order valence-electron chi connectivity index (χ4n) is 3.99. The number of aryl methyl sites for hydroxylation is 2. The first-order valence-corrected chi connectivity index (χ1v) is 13.3. The minimum absolute atomic E-state index is 0.0227. The predicted molar refractivity (Wildman–Crippen MR) is 134 cm³/mol. The number of benzene rings is 1. The van der Waals surface area contributed by atoms with Crippen LogP contribution in [-0.4, -0.2) is 47.7 Å². The highest BCUT2D eigenvalue weighted by atomic mass is 35.5. The summed E-state index contributed by atoms with van der Waals surface area (Å²) in [5.74, 6) is 1.06. The number of aliphatic hydroxyl groups is 1. The van der Waals surface area contributed by atoms with E-state index >= 15 is 0 Å². The van der Waals surface area contributed by atoms with Gasteiger partial charge < -0.3 is 15.2 Å². The number of aliphatic hydroxyl groups excluding tert-OH is 1. The van der Waals surface area contributed by atoms with Gasteiger partial charge in [-0.15, -0.1) is 0 Å². The van der Waals surface area contributed by atoms with Gasteiger partial charge in [0.2, 0.25) is 11.8 Å². The molecule has 0 spiro atoms. The molecule has 0 aliphatic heterocycles. The minimum Gasteiger partial charge on any atom is -0.481 e. The van der Waals surface area contributed by atoms with Gasteiger partial charge in [-0.3, -0.25) is 4.72 Å². The molecule has 1 fully saturated rings. The number of halogens is 1. The molecule has 1 aliphatic carbocycles. The van der Waals surface area contributed by atoms with Gasteiger partial charge >= 0.3 is 0 Å². The zero-order valence-corrected chi connectivity index (χ0v) is 20.9. The highest BCUT2D eigenvalue weighted by molar-refractivity contribution is 7.92. The number of aromatic nitrogens is 3. The summed E-state index contributed by atoms with van der Waals surface area (Å²) in [5, 5.41) is 13.1. The van der Waals surface area contributed by atoms with Gasteiger partial charge in [0.1, 0.15) is 10.7 Å². The van der Waals surface area contributed by atoms with E-state index in [0.717, 1.165) is 36.8 Å². The molecule has 186 valence electrons. The Morgan fingerprint density at radius 1 is 1.06 bits per heavy atom. The van der Waals surface area contributed by atoms with Gasteiger partial charge in [-0.25, -0.2) is 18.4 Å². The van der Waals surface area contributed by atoms with Crippen LogP contribution in [0.4, 0.5) is 11.8 Å². The first-order chi connectivity index (χ1) is 16.8. The van der Waals surface area contributed by atoms with Gasteiger partial charge in [0.25, 0.3) is 10.0 Å². The second-order valence-corrected chi connectivity index (χ2v) is 10.5. The largest absolute Gasteiger partial charge is 0.481 e. The number of hydrogen-bond donors (Lipinski definition) is 3. The molecule has 11 heteroatoms. The van der Waals surface area contributed by atoms with Crippen molar-refractivity contribution in [1.82, 2.24) is 15.0 Å². The molecule has 2 aromatic heterocycles. The SMILES string of the molecule is COc1nc(NS(=O)(=O)c2ccccc2Cl)ccc1CCc1cnc(N[C@H]2CC[C@H](O)CC2)nc1. The number of sulfonamides is 1. The Kier molecular flexibility index (Phi) is 8.04. The van der Waals surface area contributed by atoms with E-state index in [9.17, 15) is 13.5 Å². The highest BCUT2D eigenvalue weighted by Crippen LogP contribution is 2.26. The zero-order chi connectivity index (χ0) is 24.8. The Hall–Kier alpha value is -2.95. The molecule has 9 nitrogen and oxygen atoms in total. The van der Waals surface area contributed by atoms with Crippen molar-refractivity contribution in [3.05, 3.63) is 64.9 Å². The number of methoxy groups -OCH3 is 1. The van der Waals surface area contributed by atoms with Crippen LogP contribution in [0.1, 0.15) is 36.8 Å². The predicted octanol–water partition coefficient (Wildman–Crippen LogP) is 3.84. The second-order valence-electron chi connectivity index (χ2n) is 8.47. The van der Waals surface area contributed by atoms with Crippen LogP contribution in [0.15, 0.2) is 53.7 Å². The number of rotatable bonds is 9. The Morgan fingerprint density at radius 3 is 2.46 bits per heavy atom. The summed E-state index contributed by atoms with van der Waals surface area (Å²) in [6.45, 7) is 0. The summed E-state index contributed by atoms with van der Waals surface area (Å²) in [6, 6.07) is 9.87. The third kappa shape index (κ3) is 6.59. The van der Waals surface area contributed by atoms with Crippen LogP contribution in [0.5, 0.6) is 5.88 Å². The van der Waals surface area contributed by atoms with E-state index in [0.29, 0.717) is 24.7 Å². The van der Waals surface area contributed by atoms with Crippen molar-refractivity contribution < 1.29 is 18.3 Å². The van der Waals surface area contributed by atoms with Crippen molar-refractivity contribution >= 4 is 33.4 Å². The minimum atomic E-state index is -3.89. The molecule has 2 heterocycles. The summed E-state index contributed by atoms with van der Waals surface area (Å²) in [4.78, 5) is 13.1. The normalized spacial score (nSPS) is 18.1. The van der Waals surface area contributed by atoms with E-state index in [4.69, 9.17) is 16.3 Å². The third-order valence-electron chi connectivity index (χ3n) is 5.92. The number of anilines is 2. The van der Waals surface area contributed by atoms with Gasteiger partial charge in [-0.2, -0.15) is 4.98 Å². The molecule has 0 radical (unpaired) electrons. The van der Waals surface area contributed by atoms with Gasteiger partial charge in [-0.05, 0) is 68.4 Å². The van der Waals surface area contributed by atoms with Crippen LogP contribution >= 0.6 is 11.6 Å².